The Morgan fingerprint density at radius 1 is 1.08 bits per heavy atom. The van der Waals surface area contributed by atoms with Gasteiger partial charge < -0.3 is 9.64 Å². The summed E-state index contributed by atoms with van der Waals surface area (Å²) in [6.07, 6.45) is 0. The summed E-state index contributed by atoms with van der Waals surface area (Å²) in [5.74, 6) is -3.76. The molecule has 2 aromatic carbocycles. The molecule has 0 aromatic heterocycles. The highest BCUT2D eigenvalue weighted by Crippen LogP contribution is 2.22. The monoisotopic (exact) mass is 359 g/mol. The smallest absolute Gasteiger partial charge is 0.341 e. The lowest BCUT2D eigenvalue weighted by molar-refractivity contribution is 0.234. The molecule has 0 aliphatic heterocycles. The molecule has 0 spiro atoms. The van der Waals surface area contributed by atoms with Crippen LogP contribution in [0.25, 0.3) is 0 Å². The molecule has 0 unspecified atom stereocenters. The summed E-state index contributed by atoms with van der Waals surface area (Å²) in [5.41, 5.74) is 0.625. The summed E-state index contributed by atoms with van der Waals surface area (Å²) in [6.45, 7) is 0.601. The van der Waals surface area contributed by atoms with E-state index in [9.17, 15) is 21.6 Å². The lowest BCUT2D eigenvalue weighted by Crippen LogP contribution is -2.24. The van der Waals surface area contributed by atoms with E-state index in [0.717, 1.165) is 12.1 Å². The standard InChI is InChI=1S/C16H16F3NO3S/c1-20(10-11-23-15-5-3-2-4-14(15)17)12-6-8-13(9-7-12)24(21,22)16(18)19/h2-9,16H,10-11H2,1H3. The van der Waals surface area contributed by atoms with Crippen molar-refractivity contribution in [2.75, 3.05) is 25.1 Å². The van der Waals surface area contributed by atoms with E-state index in [1.165, 1.54) is 24.3 Å². The third-order valence-electron chi connectivity index (χ3n) is 3.36. The van der Waals surface area contributed by atoms with Gasteiger partial charge in [-0.15, -0.1) is 0 Å². The number of likely N-dealkylation sites (N-methyl/N-ethyl adjacent to an activating group) is 1. The van der Waals surface area contributed by atoms with Crippen molar-refractivity contribution >= 4 is 15.5 Å². The van der Waals surface area contributed by atoms with Crippen LogP contribution in [0.4, 0.5) is 18.9 Å². The quantitative estimate of drug-likeness (QED) is 0.761. The number of benzene rings is 2. The Bertz CT molecular complexity index is 779. The van der Waals surface area contributed by atoms with Gasteiger partial charge in [0.1, 0.15) is 6.61 Å². The summed E-state index contributed by atoms with van der Waals surface area (Å²) in [5, 5.41) is 0. The summed E-state index contributed by atoms with van der Waals surface area (Å²) in [4.78, 5) is 1.30. The average Bonchev–Trinajstić information content (AvgIpc) is 2.56. The number of rotatable bonds is 7. The van der Waals surface area contributed by atoms with Crippen molar-refractivity contribution in [1.82, 2.24) is 0 Å². The van der Waals surface area contributed by atoms with E-state index in [2.05, 4.69) is 0 Å². The Morgan fingerprint density at radius 2 is 1.71 bits per heavy atom. The first-order valence-electron chi connectivity index (χ1n) is 7.03. The minimum Gasteiger partial charge on any atom is -0.489 e. The molecule has 0 bridgehead atoms. The molecule has 24 heavy (non-hydrogen) atoms. The Labute approximate surface area is 138 Å². The first-order chi connectivity index (χ1) is 11.3. The van der Waals surface area contributed by atoms with Gasteiger partial charge in [-0.25, -0.2) is 12.8 Å². The SMILES string of the molecule is CN(CCOc1ccccc1F)c1ccc(S(=O)(=O)C(F)F)cc1. The van der Waals surface area contributed by atoms with Gasteiger partial charge in [-0.2, -0.15) is 8.78 Å². The summed E-state index contributed by atoms with van der Waals surface area (Å²) in [6, 6.07) is 11.1. The number of halogens is 3. The summed E-state index contributed by atoms with van der Waals surface area (Å²) >= 11 is 0. The average molecular weight is 359 g/mol. The van der Waals surface area contributed by atoms with Crippen LogP contribution in [0.15, 0.2) is 53.4 Å². The Balaban J connectivity index is 1.96. The zero-order chi connectivity index (χ0) is 17.7. The lowest BCUT2D eigenvalue weighted by Gasteiger charge is -2.20. The Morgan fingerprint density at radius 3 is 2.29 bits per heavy atom. The van der Waals surface area contributed by atoms with Crippen LogP contribution >= 0.6 is 0 Å². The van der Waals surface area contributed by atoms with Gasteiger partial charge in [0.05, 0.1) is 11.4 Å². The zero-order valence-corrected chi connectivity index (χ0v) is 13.6. The minimum absolute atomic E-state index is 0.143. The van der Waals surface area contributed by atoms with Gasteiger partial charge in [0.2, 0.25) is 9.84 Å². The second-order valence-electron chi connectivity index (χ2n) is 5.00. The number of hydrogen-bond acceptors (Lipinski definition) is 4. The van der Waals surface area contributed by atoms with Gasteiger partial charge >= 0.3 is 5.76 Å². The van der Waals surface area contributed by atoms with Crippen molar-refractivity contribution in [2.24, 2.45) is 0 Å². The maximum Gasteiger partial charge on any atom is 0.341 e. The first-order valence-corrected chi connectivity index (χ1v) is 8.57. The van der Waals surface area contributed by atoms with Crippen LogP contribution in [-0.2, 0) is 9.84 Å². The van der Waals surface area contributed by atoms with E-state index in [1.54, 1.807) is 24.1 Å². The highest BCUT2D eigenvalue weighted by molar-refractivity contribution is 7.91. The molecule has 0 N–H and O–H groups in total. The number of ether oxygens (including phenoxy) is 1. The summed E-state index contributed by atoms with van der Waals surface area (Å²) in [7, 11) is -2.87. The largest absolute Gasteiger partial charge is 0.489 e. The second kappa shape index (κ2) is 7.57. The van der Waals surface area contributed by atoms with Crippen LogP contribution in [0.1, 0.15) is 0 Å². The van der Waals surface area contributed by atoms with Crippen LogP contribution in [0, 0.1) is 5.82 Å². The zero-order valence-electron chi connectivity index (χ0n) is 12.8. The molecule has 0 amide bonds. The molecule has 0 fully saturated rings. The predicted octanol–water partition coefficient (Wildman–Crippen LogP) is 3.34. The molecule has 0 saturated heterocycles. The van der Waals surface area contributed by atoms with Crippen molar-refractivity contribution in [2.45, 2.75) is 10.7 Å². The van der Waals surface area contributed by atoms with E-state index < -0.39 is 26.3 Å². The highest BCUT2D eigenvalue weighted by atomic mass is 32.2. The highest BCUT2D eigenvalue weighted by Gasteiger charge is 2.26. The third kappa shape index (κ3) is 4.19. The maximum atomic E-state index is 13.4. The van der Waals surface area contributed by atoms with Crippen molar-refractivity contribution in [3.8, 4) is 5.75 Å². The molecule has 8 heteroatoms. The number of alkyl halides is 2. The van der Waals surface area contributed by atoms with Crippen molar-refractivity contribution in [3.05, 3.63) is 54.3 Å². The molecule has 0 saturated carbocycles. The molecular formula is C16H16F3NO3S. The van der Waals surface area contributed by atoms with Crippen molar-refractivity contribution < 1.29 is 26.3 Å². The van der Waals surface area contributed by atoms with Gasteiger partial charge in [0.15, 0.2) is 11.6 Å². The fraction of sp³-hybridized carbons (Fsp3) is 0.250. The molecule has 2 rings (SSSR count). The fourth-order valence-electron chi connectivity index (χ4n) is 1.98. The van der Waals surface area contributed by atoms with E-state index in [1.807, 2.05) is 0 Å². The minimum atomic E-state index is -4.60. The molecule has 0 radical (unpaired) electrons. The van der Waals surface area contributed by atoms with Gasteiger partial charge in [-0.05, 0) is 36.4 Å². The number of sulfone groups is 1. The molecular weight excluding hydrogens is 343 g/mol. The van der Waals surface area contributed by atoms with Gasteiger partial charge in [0, 0.05) is 12.7 Å². The maximum absolute atomic E-state index is 13.4. The summed E-state index contributed by atoms with van der Waals surface area (Å²) < 4.78 is 66.4. The molecule has 0 aliphatic rings. The molecule has 0 aliphatic carbocycles. The van der Waals surface area contributed by atoms with E-state index in [-0.39, 0.29) is 12.4 Å². The molecule has 4 nitrogen and oxygen atoms in total. The molecule has 0 heterocycles. The molecule has 2 aromatic rings. The lowest BCUT2D eigenvalue weighted by atomic mass is 10.3. The Kier molecular flexibility index (Phi) is 5.71. The topological polar surface area (TPSA) is 46.6 Å². The molecule has 130 valence electrons. The number of anilines is 1. The van der Waals surface area contributed by atoms with Gasteiger partial charge in [-0.1, -0.05) is 12.1 Å². The van der Waals surface area contributed by atoms with E-state index >= 15 is 0 Å². The predicted molar refractivity (Wildman–Crippen MR) is 84.8 cm³/mol. The van der Waals surface area contributed by atoms with Crippen LogP contribution in [0.3, 0.4) is 0 Å². The van der Waals surface area contributed by atoms with Crippen LogP contribution in [0.2, 0.25) is 0 Å². The fourth-order valence-corrected chi connectivity index (χ4v) is 2.70. The van der Waals surface area contributed by atoms with Crippen LogP contribution in [0.5, 0.6) is 5.75 Å². The van der Waals surface area contributed by atoms with Crippen LogP contribution < -0.4 is 9.64 Å². The van der Waals surface area contributed by atoms with E-state index in [4.69, 9.17) is 4.74 Å². The van der Waals surface area contributed by atoms with Gasteiger partial charge in [-0.3, -0.25) is 0 Å². The van der Waals surface area contributed by atoms with Crippen molar-refractivity contribution in [3.63, 3.8) is 0 Å². The number of hydrogen-bond donors (Lipinski definition) is 0. The second-order valence-corrected chi connectivity index (χ2v) is 6.92. The van der Waals surface area contributed by atoms with E-state index in [0.29, 0.717) is 12.2 Å². The number of nitrogens with zero attached hydrogens (tertiary/aromatic N) is 1. The van der Waals surface area contributed by atoms with Crippen LogP contribution in [-0.4, -0.2) is 34.4 Å². The normalized spacial score (nSPS) is 11.5. The van der Waals surface area contributed by atoms with Crippen molar-refractivity contribution in [1.29, 1.82) is 0 Å². The molecule has 0 atom stereocenters. The first kappa shape index (κ1) is 18.1. The van der Waals surface area contributed by atoms with Gasteiger partial charge in [0.25, 0.3) is 0 Å². The third-order valence-corrected chi connectivity index (χ3v) is 4.76. The Hall–Kier alpha value is -2.22. The number of para-hydroxylation sites is 1.